The number of benzene rings is 2. The van der Waals surface area contributed by atoms with Crippen molar-refractivity contribution < 1.29 is 9.53 Å². The Labute approximate surface area is 174 Å². The minimum Gasteiger partial charge on any atom is -0.481 e. The molecule has 1 heterocycles. The Kier molecular flexibility index (Phi) is 6.48. The number of hydrogen-bond acceptors (Lipinski definition) is 4. The summed E-state index contributed by atoms with van der Waals surface area (Å²) in [4.78, 5) is 17.2. The number of carbonyl (C=O) groups is 1. The summed E-state index contributed by atoms with van der Waals surface area (Å²) < 4.78 is 5.82. The van der Waals surface area contributed by atoms with E-state index < -0.39 is 6.10 Å². The molecule has 0 aromatic heterocycles. The molecule has 156 valence electrons. The first kappa shape index (κ1) is 21.2. The molecule has 1 fully saturated rings. The highest BCUT2D eigenvalue weighted by Crippen LogP contribution is 2.25. The second-order valence-electron chi connectivity index (χ2n) is 8.86. The third-order valence-corrected chi connectivity index (χ3v) is 5.41. The van der Waals surface area contributed by atoms with Crippen molar-refractivity contribution >= 4 is 17.3 Å². The Morgan fingerprint density at radius 3 is 2.10 bits per heavy atom. The van der Waals surface area contributed by atoms with Crippen LogP contribution >= 0.6 is 0 Å². The van der Waals surface area contributed by atoms with E-state index in [2.05, 4.69) is 67.2 Å². The lowest BCUT2D eigenvalue weighted by molar-refractivity contribution is -0.122. The third-order valence-electron chi connectivity index (χ3n) is 5.41. The van der Waals surface area contributed by atoms with Gasteiger partial charge in [-0.2, -0.15) is 0 Å². The van der Waals surface area contributed by atoms with Gasteiger partial charge >= 0.3 is 0 Å². The van der Waals surface area contributed by atoms with E-state index in [1.807, 2.05) is 24.3 Å². The molecule has 1 aliphatic rings. The number of piperazine rings is 1. The van der Waals surface area contributed by atoms with Gasteiger partial charge in [-0.05, 0) is 61.3 Å². The van der Waals surface area contributed by atoms with Gasteiger partial charge in [-0.15, -0.1) is 0 Å². The molecule has 0 unspecified atom stereocenters. The Hall–Kier alpha value is -2.53. The van der Waals surface area contributed by atoms with E-state index in [1.54, 1.807) is 6.92 Å². The average molecular weight is 396 g/mol. The van der Waals surface area contributed by atoms with Gasteiger partial charge in [-0.25, -0.2) is 0 Å². The van der Waals surface area contributed by atoms with E-state index >= 15 is 0 Å². The van der Waals surface area contributed by atoms with Crippen molar-refractivity contribution in [3.8, 4) is 5.75 Å². The molecular weight excluding hydrogens is 362 g/mol. The summed E-state index contributed by atoms with van der Waals surface area (Å²) in [5, 5.41) is 2.94. The Morgan fingerprint density at radius 2 is 1.55 bits per heavy atom. The summed E-state index contributed by atoms with van der Waals surface area (Å²) in [7, 11) is 2.15. The molecule has 29 heavy (non-hydrogen) atoms. The SMILES string of the molecule is C[C@H](Oc1ccc(C(C)(C)C)cc1)C(=O)Nc1ccc(N2CCN(C)CC2)cc1. The fourth-order valence-electron chi connectivity index (χ4n) is 3.36. The lowest BCUT2D eigenvalue weighted by atomic mass is 9.87. The van der Waals surface area contributed by atoms with Crippen LogP contribution in [0.2, 0.25) is 0 Å². The standard InChI is InChI=1S/C24H33N3O2/c1-18(29-22-12-6-19(7-13-22)24(2,3)4)23(28)25-20-8-10-21(11-9-20)27-16-14-26(5)15-17-27/h6-13,18H,14-17H2,1-5H3,(H,25,28)/t18-/m0/s1. The van der Waals surface area contributed by atoms with E-state index in [0.29, 0.717) is 5.75 Å². The van der Waals surface area contributed by atoms with Crippen molar-refractivity contribution in [2.45, 2.75) is 39.2 Å². The number of rotatable bonds is 5. The van der Waals surface area contributed by atoms with E-state index in [4.69, 9.17) is 4.74 Å². The van der Waals surface area contributed by atoms with E-state index in [1.165, 1.54) is 11.3 Å². The zero-order valence-electron chi connectivity index (χ0n) is 18.2. The first-order valence-corrected chi connectivity index (χ1v) is 10.3. The van der Waals surface area contributed by atoms with Crippen LogP contribution in [0.25, 0.3) is 0 Å². The molecule has 1 N–H and O–H groups in total. The predicted molar refractivity (Wildman–Crippen MR) is 120 cm³/mol. The van der Waals surface area contributed by atoms with Crippen LogP contribution in [-0.4, -0.2) is 50.1 Å². The molecule has 1 saturated heterocycles. The van der Waals surface area contributed by atoms with Crippen LogP contribution in [0.5, 0.6) is 5.75 Å². The van der Waals surface area contributed by atoms with Crippen LogP contribution in [0, 0.1) is 0 Å². The summed E-state index contributed by atoms with van der Waals surface area (Å²) in [6.07, 6.45) is -0.576. The molecule has 0 radical (unpaired) electrons. The van der Waals surface area contributed by atoms with Crippen LogP contribution in [-0.2, 0) is 10.2 Å². The molecule has 2 aromatic rings. The summed E-state index contributed by atoms with van der Waals surface area (Å²) in [5.41, 5.74) is 3.31. The first-order valence-electron chi connectivity index (χ1n) is 10.3. The highest BCUT2D eigenvalue weighted by molar-refractivity contribution is 5.94. The van der Waals surface area contributed by atoms with Crippen LogP contribution in [0.3, 0.4) is 0 Å². The van der Waals surface area contributed by atoms with Gasteiger partial charge in [0, 0.05) is 37.6 Å². The highest BCUT2D eigenvalue weighted by atomic mass is 16.5. The van der Waals surface area contributed by atoms with Crippen LogP contribution < -0.4 is 15.0 Å². The number of hydrogen-bond donors (Lipinski definition) is 1. The Bertz CT molecular complexity index is 802. The molecule has 0 aliphatic carbocycles. The molecule has 1 amide bonds. The monoisotopic (exact) mass is 395 g/mol. The lowest BCUT2D eigenvalue weighted by Gasteiger charge is -2.34. The van der Waals surface area contributed by atoms with Gasteiger partial charge in [0.15, 0.2) is 6.10 Å². The molecule has 3 rings (SSSR count). The fourth-order valence-corrected chi connectivity index (χ4v) is 3.36. The van der Waals surface area contributed by atoms with Gasteiger partial charge in [-0.3, -0.25) is 4.79 Å². The van der Waals surface area contributed by atoms with Crippen molar-refractivity contribution in [3.63, 3.8) is 0 Å². The van der Waals surface area contributed by atoms with E-state index in [9.17, 15) is 4.79 Å². The van der Waals surface area contributed by atoms with E-state index in [-0.39, 0.29) is 11.3 Å². The van der Waals surface area contributed by atoms with Gasteiger partial charge in [0.2, 0.25) is 0 Å². The average Bonchev–Trinajstić information content (AvgIpc) is 2.69. The van der Waals surface area contributed by atoms with Gasteiger partial charge < -0.3 is 19.9 Å². The molecule has 1 atom stereocenters. The van der Waals surface area contributed by atoms with Crippen molar-refractivity contribution in [1.29, 1.82) is 0 Å². The van der Waals surface area contributed by atoms with Gasteiger partial charge in [0.05, 0.1) is 0 Å². The van der Waals surface area contributed by atoms with Crippen LogP contribution in [0.4, 0.5) is 11.4 Å². The number of likely N-dealkylation sites (N-methyl/N-ethyl adjacent to an activating group) is 1. The van der Waals surface area contributed by atoms with Crippen molar-refractivity contribution in [1.82, 2.24) is 4.90 Å². The molecule has 5 heteroatoms. The Morgan fingerprint density at radius 1 is 0.966 bits per heavy atom. The normalized spacial score (nSPS) is 16.4. The maximum Gasteiger partial charge on any atom is 0.265 e. The van der Waals surface area contributed by atoms with Crippen LogP contribution in [0.15, 0.2) is 48.5 Å². The number of ether oxygens (including phenoxy) is 1. The summed E-state index contributed by atoms with van der Waals surface area (Å²) in [5.74, 6) is 0.545. The first-order chi connectivity index (χ1) is 13.7. The second-order valence-corrected chi connectivity index (χ2v) is 8.86. The lowest BCUT2D eigenvalue weighted by Crippen LogP contribution is -2.44. The zero-order chi connectivity index (χ0) is 21.0. The number of nitrogens with zero attached hydrogens (tertiary/aromatic N) is 2. The van der Waals surface area contributed by atoms with Crippen molar-refractivity contribution in [3.05, 3.63) is 54.1 Å². The number of nitrogens with one attached hydrogen (secondary N) is 1. The van der Waals surface area contributed by atoms with Crippen molar-refractivity contribution in [2.75, 3.05) is 43.4 Å². The van der Waals surface area contributed by atoms with Crippen LogP contribution in [0.1, 0.15) is 33.3 Å². The predicted octanol–water partition coefficient (Wildman–Crippen LogP) is 4.14. The van der Waals surface area contributed by atoms with Gasteiger partial charge in [0.25, 0.3) is 5.91 Å². The maximum absolute atomic E-state index is 12.5. The molecule has 0 spiro atoms. The Balaban J connectivity index is 1.54. The number of amides is 1. The minimum atomic E-state index is -0.576. The third kappa shape index (κ3) is 5.73. The largest absolute Gasteiger partial charge is 0.481 e. The molecule has 2 aromatic carbocycles. The van der Waals surface area contributed by atoms with E-state index in [0.717, 1.165) is 31.9 Å². The molecule has 1 aliphatic heterocycles. The summed E-state index contributed by atoms with van der Waals surface area (Å²) in [6.45, 7) is 12.5. The zero-order valence-corrected chi connectivity index (χ0v) is 18.2. The smallest absolute Gasteiger partial charge is 0.265 e. The summed E-state index contributed by atoms with van der Waals surface area (Å²) in [6, 6.07) is 16.0. The maximum atomic E-state index is 12.5. The number of carbonyl (C=O) groups excluding carboxylic acids is 1. The molecule has 0 saturated carbocycles. The molecular formula is C24H33N3O2. The number of anilines is 2. The van der Waals surface area contributed by atoms with Crippen molar-refractivity contribution in [2.24, 2.45) is 0 Å². The fraction of sp³-hybridized carbons (Fsp3) is 0.458. The van der Waals surface area contributed by atoms with Gasteiger partial charge in [0.1, 0.15) is 5.75 Å². The quantitative estimate of drug-likeness (QED) is 0.826. The minimum absolute atomic E-state index is 0.0950. The topological polar surface area (TPSA) is 44.8 Å². The molecule has 5 nitrogen and oxygen atoms in total. The highest BCUT2D eigenvalue weighted by Gasteiger charge is 2.18. The van der Waals surface area contributed by atoms with Gasteiger partial charge in [-0.1, -0.05) is 32.9 Å². The molecule has 0 bridgehead atoms. The second kappa shape index (κ2) is 8.87. The summed E-state index contributed by atoms with van der Waals surface area (Å²) >= 11 is 0.